The summed E-state index contributed by atoms with van der Waals surface area (Å²) in [5, 5.41) is 3.58. The summed E-state index contributed by atoms with van der Waals surface area (Å²) < 4.78 is 0. The summed E-state index contributed by atoms with van der Waals surface area (Å²) in [5.41, 5.74) is 1.25. The monoisotopic (exact) mass is 167 g/mol. The predicted octanol–water partition coefficient (Wildman–Crippen LogP) is 2.73. The van der Waals surface area contributed by atoms with Crippen LogP contribution in [0.1, 0.15) is 39.5 Å². The fourth-order valence-corrected chi connectivity index (χ4v) is 2.10. The Labute approximate surface area is 76.2 Å². The number of hydrogen-bond acceptors (Lipinski definition) is 1. The molecule has 0 aromatic heterocycles. The molecule has 1 saturated carbocycles. The van der Waals surface area contributed by atoms with Crippen LogP contribution in [-0.4, -0.2) is 12.6 Å². The Morgan fingerprint density at radius 2 is 2.25 bits per heavy atom. The largest absolute Gasteiger partial charge is 0.310 e. The standard InChI is InChI=1S/C11H21N/c1-4-10-6-5-7-11(10)12-8-9(2)3/h10-12H,2,4-8H2,1,3H3. The molecule has 1 rings (SSSR count). The molecule has 2 unspecified atom stereocenters. The van der Waals surface area contributed by atoms with Crippen molar-refractivity contribution in [2.24, 2.45) is 5.92 Å². The normalized spacial score (nSPS) is 29.2. The average Bonchev–Trinajstić information content (AvgIpc) is 2.47. The van der Waals surface area contributed by atoms with E-state index in [4.69, 9.17) is 0 Å². The summed E-state index contributed by atoms with van der Waals surface area (Å²) in [5.74, 6) is 0.921. The van der Waals surface area contributed by atoms with E-state index in [-0.39, 0.29) is 0 Å². The average molecular weight is 167 g/mol. The van der Waals surface area contributed by atoms with E-state index < -0.39 is 0 Å². The lowest BCUT2D eigenvalue weighted by Gasteiger charge is -2.19. The van der Waals surface area contributed by atoms with E-state index in [0.29, 0.717) is 0 Å². The lowest BCUT2D eigenvalue weighted by molar-refractivity contribution is 0.401. The third kappa shape index (κ3) is 2.63. The van der Waals surface area contributed by atoms with Crippen molar-refractivity contribution in [2.45, 2.75) is 45.6 Å². The van der Waals surface area contributed by atoms with Crippen LogP contribution in [0.4, 0.5) is 0 Å². The lowest BCUT2D eigenvalue weighted by Crippen LogP contribution is -2.33. The van der Waals surface area contributed by atoms with Crippen LogP contribution in [0.25, 0.3) is 0 Å². The van der Waals surface area contributed by atoms with Gasteiger partial charge >= 0.3 is 0 Å². The van der Waals surface area contributed by atoms with Crippen molar-refractivity contribution in [1.29, 1.82) is 0 Å². The minimum atomic E-state index is 0.770. The zero-order valence-electron chi connectivity index (χ0n) is 8.40. The van der Waals surface area contributed by atoms with Gasteiger partial charge in [-0.2, -0.15) is 0 Å². The second-order valence-electron chi connectivity index (χ2n) is 4.04. The molecule has 1 fully saturated rings. The summed E-state index contributed by atoms with van der Waals surface area (Å²) in [4.78, 5) is 0. The first-order chi connectivity index (χ1) is 5.74. The molecule has 0 aliphatic heterocycles. The Balaban J connectivity index is 2.26. The Kier molecular flexibility index (Phi) is 3.80. The van der Waals surface area contributed by atoms with Gasteiger partial charge in [0.05, 0.1) is 0 Å². The zero-order chi connectivity index (χ0) is 8.97. The molecule has 2 atom stereocenters. The van der Waals surface area contributed by atoms with Crippen molar-refractivity contribution < 1.29 is 0 Å². The molecule has 0 spiro atoms. The maximum atomic E-state index is 3.90. The molecule has 1 aliphatic rings. The van der Waals surface area contributed by atoms with Crippen molar-refractivity contribution in [1.82, 2.24) is 5.32 Å². The molecular weight excluding hydrogens is 146 g/mol. The van der Waals surface area contributed by atoms with E-state index in [1.165, 1.54) is 31.3 Å². The second kappa shape index (κ2) is 4.66. The molecule has 0 radical (unpaired) electrons. The smallest absolute Gasteiger partial charge is 0.0161 e. The summed E-state index contributed by atoms with van der Waals surface area (Å²) in [6.45, 7) is 9.29. The third-order valence-electron chi connectivity index (χ3n) is 2.85. The lowest BCUT2D eigenvalue weighted by atomic mass is 10.0. The van der Waals surface area contributed by atoms with Gasteiger partial charge in [-0.25, -0.2) is 0 Å². The van der Waals surface area contributed by atoms with E-state index in [0.717, 1.165) is 18.5 Å². The summed E-state index contributed by atoms with van der Waals surface area (Å²) in [6.07, 6.45) is 5.52. The van der Waals surface area contributed by atoms with Crippen LogP contribution >= 0.6 is 0 Å². The highest BCUT2D eigenvalue weighted by Crippen LogP contribution is 2.27. The van der Waals surface area contributed by atoms with Gasteiger partial charge in [-0.3, -0.25) is 0 Å². The molecule has 1 nitrogen and oxygen atoms in total. The minimum absolute atomic E-state index is 0.770. The molecule has 0 amide bonds. The van der Waals surface area contributed by atoms with Gasteiger partial charge in [0.15, 0.2) is 0 Å². The van der Waals surface area contributed by atoms with Gasteiger partial charge in [0.1, 0.15) is 0 Å². The zero-order valence-corrected chi connectivity index (χ0v) is 8.40. The molecule has 0 bridgehead atoms. The Hall–Kier alpha value is -0.300. The van der Waals surface area contributed by atoms with Crippen LogP contribution in [0.5, 0.6) is 0 Å². The van der Waals surface area contributed by atoms with Crippen molar-refractivity contribution >= 4 is 0 Å². The van der Waals surface area contributed by atoms with Crippen molar-refractivity contribution in [3.05, 3.63) is 12.2 Å². The van der Waals surface area contributed by atoms with Gasteiger partial charge in [-0.1, -0.05) is 31.9 Å². The topological polar surface area (TPSA) is 12.0 Å². The maximum Gasteiger partial charge on any atom is 0.0161 e. The minimum Gasteiger partial charge on any atom is -0.310 e. The van der Waals surface area contributed by atoms with Crippen LogP contribution in [0.2, 0.25) is 0 Å². The van der Waals surface area contributed by atoms with Crippen molar-refractivity contribution in [2.75, 3.05) is 6.54 Å². The highest BCUT2D eigenvalue weighted by Gasteiger charge is 2.24. The van der Waals surface area contributed by atoms with Gasteiger partial charge in [-0.05, 0) is 25.7 Å². The molecule has 0 aromatic carbocycles. The van der Waals surface area contributed by atoms with Crippen LogP contribution in [0, 0.1) is 5.92 Å². The number of nitrogens with one attached hydrogen (secondary N) is 1. The number of hydrogen-bond donors (Lipinski definition) is 1. The van der Waals surface area contributed by atoms with Gasteiger partial charge in [0.2, 0.25) is 0 Å². The molecule has 70 valence electrons. The first-order valence-corrected chi connectivity index (χ1v) is 5.11. The quantitative estimate of drug-likeness (QED) is 0.635. The molecule has 12 heavy (non-hydrogen) atoms. The molecular formula is C11H21N. The van der Waals surface area contributed by atoms with Crippen LogP contribution in [0.3, 0.4) is 0 Å². The van der Waals surface area contributed by atoms with Gasteiger partial charge in [0.25, 0.3) is 0 Å². The van der Waals surface area contributed by atoms with E-state index in [1.807, 2.05) is 0 Å². The molecule has 1 aliphatic carbocycles. The predicted molar refractivity (Wildman–Crippen MR) is 54.2 cm³/mol. The summed E-state index contributed by atoms with van der Waals surface area (Å²) in [6, 6.07) is 0.770. The Morgan fingerprint density at radius 3 is 2.83 bits per heavy atom. The molecule has 1 heteroatoms. The van der Waals surface area contributed by atoms with Gasteiger partial charge in [-0.15, -0.1) is 0 Å². The second-order valence-corrected chi connectivity index (χ2v) is 4.04. The molecule has 1 N–H and O–H groups in total. The van der Waals surface area contributed by atoms with Crippen molar-refractivity contribution in [3.63, 3.8) is 0 Å². The first kappa shape index (κ1) is 9.79. The molecule has 0 saturated heterocycles. The van der Waals surface area contributed by atoms with Gasteiger partial charge < -0.3 is 5.32 Å². The SMILES string of the molecule is C=C(C)CNC1CCCC1CC. The van der Waals surface area contributed by atoms with Crippen LogP contribution in [-0.2, 0) is 0 Å². The highest BCUT2D eigenvalue weighted by molar-refractivity contribution is 4.93. The fourth-order valence-electron chi connectivity index (χ4n) is 2.10. The van der Waals surface area contributed by atoms with E-state index >= 15 is 0 Å². The highest BCUT2D eigenvalue weighted by atomic mass is 14.9. The van der Waals surface area contributed by atoms with Gasteiger partial charge in [0, 0.05) is 12.6 Å². The Bertz CT molecular complexity index is 151. The molecule has 0 heterocycles. The summed E-state index contributed by atoms with van der Waals surface area (Å²) >= 11 is 0. The van der Waals surface area contributed by atoms with Crippen LogP contribution < -0.4 is 5.32 Å². The number of rotatable bonds is 4. The fraction of sp³-hybridized carbons (Fsp3) is 0.818. The van der Waals surface area contributed by atoms with Crippen molar-refractivity contribution in [3.8, 4) is 0 Å². The maximum absolute atomic E-state index is 3.90. The Morgan fingerprint density at radius 1 is 1.50 bits per heavy atom. The van der Waals surface area contributed by atoms with E-state index in [1.54, 1.807) is 0 Å². The van der Waals surface area contributed by atoms with E-state index in [9.17, 15) is 0 Å². The van der Waals surface area contributed by atoms with Crippen LogP contribution in [0.15, 0.2) is 12.2 Å². The first-order valence-electron chi connectivity index (χ1n) is 5.11. The summed E-state index contributed by atoms with van der Waals surface area (Å²) in [7, 11) is 0. The molecule has 0 aromatic rings. The van der Waals surface area contributed by atoms with E-state index in [2.05, 4.69) is 25.7 Å². The third-order valence-corrected chi connectivity index (χ3v) is 2.85.